The van der Waals surface area contributed by atoms with Gasteiger partial charge in [0.05, 0.1) is 16.7 Å². The molecule has 0 saturated carbocycles. The molecule has 0 amide bonds. The first-order valence-corrected chi connectivity index (χ1v) is 7.28. The Bertz CT molecular complexity index is 405. The molecule has 114 valence electrons. The van der Waals surface area contributed by atoms with Crippen molar-refractivity contribution in [3.8, 4) is 5.75 Å². The van der Waals surface area contributed by atoms with Crippen molar-refractivity contribution in [2.75, 3.05) is 19.8 Å². The smallest absolute Gasteiger partial charge is 0.156 e. The van der Waals surface area contributed by atoms with Gasteiger partial charge in [-0.05, 0) is 25.5 Å². The van der Waals surface area contributed by atoms with E-state index in [9.17, 15) is 10.2 Å². The number of benzene rings is 1. The molecule has 2 unspecified atom stereocenters. The molecule has 0 heterocycles. The normalized spacial score (nSPS) is 15.7. The predicted octanol–water partition coefficient (Wildman–Crippen LogP) is 2.48. The molecule has 0 aliphatic carbocycles. The molecule has 0 saturated heterocycles. The molecule has 0 aromatic heterocycles. The summed E-state index contributed by atoms with van der Waals surface area (Å²) in [4.78, 5) is 0. The molecule has 20 heavy (non-hydrogen) atoms. The zero-order chi connectivity index (χ0) is 15.2. The molecular weight excluding hydrogens is 301 g/mol. The van der Waals surface area contributed by atoms with Gasteiger partial charge in [0, 0.05) is 12.1 Å². The van der Waals surface area contributed by atoms with E-state index in [2.05, 4.69) is 5.32 Å². The van der Waals surface area contributed by atoms with Crippen molar-refractivity contribution in [2.45, 2.75) is 31.9 Å². The molecule has 0 fully saturated rings. The molecule has 1 rings (SSSR count). The van der Waals surface area contributed by atoms with Gasteiger partial charge in [-0.3, -0.25) is 0 Å². The zero-order valence-electron chi connectivity index (χ0n) is 11.7. The maximum absolute atomic E-state index is 9.89. The van der Waals surface area contributed by atoms with Crippen LogP contribution in [0.15, 0.2) is 18.2 Å². The van der Waals surface area contributed by atoms with E-state index in [-0.39, 0.29) is 13.2 Å². The number of β-amino-alcohol motifs (C(OH)–C–C–N with tert-alkyl or cyclic N) is 1. The zero-order valence-corrected chi connectivity index (χ0v) is 13.2. The van der Waals surface area contributed by atoms with Crippen LogP contribution in [0.5, 0.6) is 5.75 Å². The maximum atomic E-state index is 9.89. The Kier molecular flexibility index (Phi) is 7.06. The fourth-order valence-corrected chi connectivity index (χ4v) is 2.02. The second-order valence-corrected chi connectivity index (χ2v) is 5.78. The second kappa shape index (κ2) is 8.05. The molecule has 1 aromatic carbocycles. The van der Waals surface area contributed by atoms with Crippen LogP contribution in [-0.2, 0) is 0 Å². The van der Waals surface area contributed by atoms with Crippen molar-refractivity contribution < 1.29 is 14.9 Å². The highest BCUT2D eigenvalue weighted by Crippen LogP contribution is 2.32. The van der Waals surface area contributed by atoms with Crippen LogP contribution in [0.3, 0.4) is 0 Å². The van der Waals surface area contributed by atoms with Crippen molar-refractivity contribution in [3.63, 3.8) is 0 Å². The van der Waals surface area contributed by atoms with E-state index < -0.39 is 11.6 Å². The Labute approximate surface area is 129 Å². The van der Waals surface area contributed by atoms with Crippen molar-refractivity contribution in [1.82, 2.24) is 5.32 Å². The van der Waals surface area contributed by atoms with Gasteiger partial charge in [-0.15, -0.1) is 0 Å². The van der Waals surface area contributed by atoms with E-state index in [0.717, 1.165) is 6.42 Å². The average molecular weight is 322 g/mol. The summed E-state index contributed by atoms with van der Waals surface area (Å²) in [6.45, 7) is 4.25. The van der Waals surface area contributed by atoms with E-state index in [1.165, 1.54) is 0 Å². The lowest BCUT2D eigenvalue weighted by Gasteiger charge is -2.28. The third kappa shape index (κ3) is 5.11. The highest BCUT2D eigenvalue weighted by atomic mass is 35.5. The van der Waals surface area contributed by atoms with Crippen LogP contribution in [0.2, 0.25) is 10.0 Å². The molecule has 0 radical (unpaired) electrons. The van der Waals surface area contributed by atoms with Crippen LogP contribution < -0.4 is 10.1 Å². The summed E-state index contributed by atoms with van der Waals surface area (Å²) in [5.74, 6) is 0.371. The first-order valence-electron chi connectivity index (χ1n) is 6.52. The number of ether oxygens (including phenoxy) is 1. The number of halogens is 2. The molecule has 0 bridgehead atoms. The van der Waals surface area contributed by atoms with Crippen LogP contribution in [-0.4, -0.2) is 41.6 Å². The Balaban J connectivity index is 2.46. The van der Waals surface area contributed by atoms with Crippen LogP contribution in [0.4, 0.5) is 0 Å². The molecule has 0 spiro atoms. The first kappa shape index (κ1) is 17.5. The van der Waals surface area contributed by atoms with E-state index >= 15 is 0 Å². The Morgan fingerprint density at radius 1 is 1.35 bits per heavy atom. The summed E-state index contributed by atoms with van der Waals surface area (Å²) in [5.41, 5.74) is -0.400. The Morgan fingerprint density at radius 3 is 2.45 bits per heavy atom. The molecule has 2 atom stereocenters. The number of rotatable bonds is 8. The van der Waals surface area contributed by atoms with E-state index in [0.29, 0.717) is 22.3 Å². The van der Waals surface area contributed by atoms with Crippen molar-refractivity contribution in [1.29, 1.82) is 0 Å². The number of hydrogen-bond donors (Lipinski definition) is 3. The number of aliphatic hydroxyl groups excluding tert-OH is 2. The highest BCUT2D eigenvalue weighted by molar-refractivity contribution is 6.37. The van der Waals surface area contributed by atoms with Crippen LogP contribution in [0.25, 0.3) is 0 Å². The van der Waals surface area contributed by atoms with Gasteiger partial charge in [0.1, 0.15) is 12.7 Å². The maximum Gasteiger partial charge on any atom is 0.156 e. The third-order valence-corrected chi connectivity index (χ3v) is 3.83. The van der Waals surface area contributed by atoms with Crippen molar-refractivity contribution in [3.05, 3.63) is 28.2 Å². The molecule has 1 aromatic rings. The quantitative estimate of drug-likeness (QED) is 0.688. The second-order valence-electron chi connectivity index (χ2n) is 4.97. The van der Waals surface area contributed by atoms with Gasteiger partial charge in [-0.1, -0.05) is 36.2 Å². The summed E-state index contributed by atoms with van der Waals surface area (Å²) in [7, 11) is 0. The van der Waals surface area contributed by atoms with Gasteiger partial charge in [-0.25, -0.2) is 0 Å². The van der Waals surface area contributed by atoms with Gasteiger partial charge in [0.25, 0.3) is 0 Å². The summed E-state index contributed by atoms with van der Waals surface area (Å²) in [6, 6.07) is 5.07. The summed E-state index contributed by atoms with van der Waals surface area (Å²) < 4.78 is 5.45. The minimum Gasteiger partial charge on any atom is -0.488 e. The van der Waals surface area contributed by atoms with E-state index in [1.54, 1.807) is 18.2 Å². The Hall–Kier alpha value is -0.520. The largest absolute Gasteiger partial charge is 0.488 e. The van der Waals surface area contributed by atoms with Gasteiger partial charge < -0.3 is 20.3 Å². The molecule has 3 N–H and O–H groups in total. The number of para-hydroxylation sites is 1. The first-order chi connectivity index (χ1) is 9.41. The van der Waals surface area contributed by atoms with Crippen molar-refractivity contribution in [2.24, 2.45) is 0 Å². The molecule has 4 nitrogen and oxygen atoms in total. The van der Waals surface area contributed by atoms with Gasteiger partial charge in [-0.2, -0.15) is 0 Å². The topological polar surface area (TPSA) is 61.7 Å². The monoisotopic (exact) mass is 321 g/mol. The fourth-order valence-electron chi connectivity index (χ4n) is 1.52. The van der Waals surface area contributed by atoms with Crippen LogP contribution in [0, 0.1) is 0 Å². The van der Waals surface area contributed by atoms with Gasteiger partial charge in [0.2, 0.25) is 0 Å². The van der Waals surface area contributed by atoms with Crippen LogP contribution in [0.1, 0.15) is 20.3 Å². The fraction of sp³-hybridized carbons (Fsp3) is 0.571. The minimum atomic E-state index is -0.722. The summed E-state index contributed by atoms with van der Waals surface area (Å²) >= 11 is 11.9. The molecule has 0 aliphatic heterocycles. The summed E-state index contributed by atoms with van der Waals surface area (Å²) in [5, 5.41) is 23.1. The lowest BCUT2D eigenvalue weighted by molar-refractivity contribution is 0.0867. The van der Waals surface area contributed by atoms with E-state index in [1.807, 2.05) is 13.8 Å². The third-order valence-electron chi connectivity index (χ3n) is 3.23. The molecule has 6 heteroatoms. The number of aliphatic hydroxyl groups is 2. The molecular formula is C14H21Cl2NO3. The average Bonchev–Trinajstić information content (AvgIpc) is 2.44. The van der Waals surface area contributed by atoms with E-state index in [4.69, 9.17) is 27.9 Å². The van der Waals surface area contributed by atoms with Gasteiger partial charge >= 0.3 is 0 Å². The SMILES string of the molecule is CCC(C)(CO)NCC(O)COc1c(Cl)cccc1Cl. The summed E-state index contributed by atoms with van der Waals surface area (Å²) in [6.07, 6.45) is 0.0349. The number of hydrogen-bond acceptors (Lipinski definition) is 4. The lowest BCUT2D eigenvalue weighted by Crippen LogP contribution is -2.49. The highest BCUT2D eigenvalue weighted by Gasteiger charge is 2.21. The van der Waals surface area contributed by atoms with Gasteiger partial charge in [0.15, 0.2) is 5.75 Å². The molecule has 0 aliphatic rings. The predicted molar refractivity (Wildman–Crippen MR) is 81.7 cm³/mol. The Morgan fingerprint density at radius 2 is 1.95 bits per heavy atom. The minimum absolute atomic E-state index is 0.00736. The van der Waals surface area contributed by atoms with Crippen molar-refractivity contribution >= 4 is 23.2 Å². The standard InChI is InChI=1S/C14H21Cl2NO3/c1-3-14(2,9-18)17-7-10(19)8-20-13-11(15)5-4-6-12(13)16/h4-6,10,17-19H,3,7-9H2,1-2H3. The lowest BCUT2D eigenvalue weighted by atomic mass is 10.0. The number of nitrogens with one attached hydrogen (secondary N) is 1. The van der Waals surface area contributed by atoms with Crippen LogP contribution >= 0.6 is 23.2 Å².